The highest BCUT2D eigenvalue weighted by Crippen LogP contribution is 2.41. The summed E-state index contributed by atoms with van der Waals surface area (Å²) < 4.78 is 52.9. The molecule has 22 heavy (non-hydrogen) atoms. The molecule has 0 aromatic heterocycles. The number of amides is 1. The first-order chi connectivity index (χ1) is 10.2. The van der Waals surface area contributed by atoms with Crippen molar-refractivity contribution < 1.29 is 22.4 Å². The molecule has 1 fully saturated rings. The molecule has 1 unspecified atom stereocenters. The van der Waals surface area contributed by atoms with Gasteiger partial charge in [-0.15, -0.1) is 0 Å². The SMILES string of the molecule is NC(=O)CN(C1CC1)C(CC(F)(F)F)c1cccc(Cl)c1F. The molecule has 0 saturated heterocycles. The second kappa shape index (κ2) is 6.42. The Hall–Kier alpha value is -1.34. The summed E-state index contributed by atoms with van der Waals surface area (Å²) in [5.74, 6) is -1.64. The van der Waals surface area contributed by atoms with E-state index < -0.39 is 30.4 Å². The van der Waals surface area contributed by atoms with Crippen molar-refractivity contribution in [3.8, 4) is 0 Å². The quantitative estimate of drug-likeness (QED) is 0.808. The van der Waals surface area contributed by atoms with Crippen molar-refractivity contribution in [2.75, 3.05) is 6.54 Å². The summed E-state index contributed by atoms with van der Waals surface area (Å²) in [4.78, 5) is 12.5. The van der Waals surface area contributed by atoms with E-state index in [9.17, 15) is 22.4 Å². The van der Waals surface area contributed by atoms with Crippen LogP contribution in [-0.4, -0.2) is 29.6 Å². The average Bonchev–Trinajstić information content (AvgIpc) is 3.20. The maximum absolute atomic E-state index is 14.2. The summed E-state index contributed by atoms with van der Waals surface area (Å²) in [5.41, 5.74) is 4.96. The fraction of sp³-hybridized carbons (Fsp3) is 0.500. The van der Waals surface area contributed by atoms with E-state index in [2.05, 4.69) is 0 Å². The Bertz CT molecular complexity index is 560. The molecule has 2 N–H and O–H groups in total. The highest BCUT2D eigenvalue weighted by atomic mass is 35.5. The van der Waals surface area contributed by atoms with Crippen molar-refractivity contribution in [3.05, 3.63) is 34.6 Å². The van der Waals surface area contributed by atoms with Gasteiger partial charge in [0.1, 0.15) is 5.82 Å². The normalized spacial score (nSPS) is 16.8. The predicted octanol–water partition coefficient (Wildman–Crippen LogP) is 3.42. The maximum atomic E-state index is 14.2. The van der Waals surface area contributed by atoms with Gasteiger partial charge in [0.2, 0.25) is 5.91 Å². The lowest BCUT2D eigenvalue weighted by molar-refractivity contribution is -0.150. The summed E-state index contributed by atoms with van der Waals surface area (Å²) >= 11 is 5.67. The fourth-order valence-corrected chi connectivity index (χ4v) is 2.66. The molecule has 1 aliphatic rings. The van der Waals surface area contributed by atoms with E-state index in [4.69, 9.17) is 17.3 Å². The molecule has 0 aliphatic heterocycles. The zero-order valence-corrected chi connectivity index (χ0v) is 12.3. The second-order valence-corrected chi connectivity index (χ2v) is 5.76. The van der Waals surface area contributed by atoms with E-state index in [1.807, 2.05) is 0 Å². The number of primary amides is 1. The van der Waals surface area contributed by atoms with E-state index in [0.29, 0.717) is 12.8 Å². The Balaban J connectivity index is 2.40. The molecular formula is C14H15ClF4N2O. The molecule has 1 amide bonds. The number of hydrogen-bond donors (Lipinski definition) is 1. The largest absolute Gasteiger partial charge is 0.390 e. The van der Waals surface area contributed by atoms with Gasteiger partial charge in [0, 0.05) is 17.6 Å². The van der Waals surface area contributed by atoms with Gasteiger partial charge in [-0.3, -0.25) is 9.69 Å². The smallest absolute Gasteiger partial charge is 0.369 e. The summed E-state index contributed by atoms with van der Waals surface area (Å²) in [6.45, 7) is -0.350. The third-order valence-corrected chi connectivity index (χ3v) is 3.81. The Kier molecular flexibility index (Phi) is 4.97. The number of carbonyl (C=O) groups is 1. The standard InChI is InChI=1S/C14H15ClF4N2O/c15-10-3-1-2-9(13(10)16)11(6-14(17,18)19)21(7-12(20)22)8-4-5-8/h1-3,8,11H,4-7H2,(H2,20,22). The molecule has 0 spiro atoms. The van der Waals surface area contributed by atoms with Gasteiger partial charge in [0.05, 0.1) is 18.0 Å². The highest BCUT2D eigenvalue weighted by molar-refractivity contribution is 6.30. The Morgan fingerprint density at radius 1 is 1.41 bits per heavy atom. The van der Waals surface area contributed by atoms with Crippen LogP contribution in [0.5, 0.6) is 0 Å². The van der Waals surface area contributed by atoms with Crippen molar-refractivity contribution in [2.45, 2.75) is 37.5 Å². The minimum atomic E-state index is -4.51. The van der Waals surface area contributed by atoms with Crippen LogP contribution in [0.3, 0.4) is 0 Å². The van der Waals surface area contributed by atoms with Crippen LogP contribution in [0.1, 0.15) is 30.9 Å². The van der Waals surface area contributed by atoms with Gasteiger partial charge in [-0.2, -0.15) is 13.2 Å². The molecule has 1 aromatic carbocycles. The first-order valence-electron chi connectivity index (χ1n) is 6.73. The molecule has 3 nitrogen and oxygen atoms in total. The highest BCUT2D eigenvalue weighted by Gasteiger charge is 2.42. The summed E-state index contributed by atoms with van der Waals surface area (Å²) in [7, 11) is 0. The van der Waals surface area contributed by atoms with E-state index in [0.717, 1.165) is 0 Å². The molecule has 8 heteroatoms. The minimum absolute atomic E-state index is 0.169. The monoisotopic (exact) mass is 338 g/mol. The molecule has 0 bridgehead atoms. The molecule has 0 radical (unpaired) electrons. The zero-order chi connectivity index (χ0) is 16.5. The third-order valence-electron chi connectivity index (χ3n) is 3.52. The van der Waals surface area contributed by atoms with E-state index in [-0.39, 0.29) is 23.2 Å². The lowest BCUT2D eigenvalue weighted by Crippen LogP contribution is -2.40. The number of nitrogens with two attached hydrogens (primary N) is 1. The maximum Gasteiger partial charge on any atom is 0.390 e. The van der Waals surface area contributed by atoms with Crippen LogP contribution in [0, 0.1) is 5.82 Å². The van der Waals surface area contributed by atoms with Crippen LogP contribution in [0.15, 0.2) is 18.2 Å². The number of benzene rings is 1. The number of halogens is 5. The van der Waals surface area contributed by atoms with E-state index in [1.54, 1.807) is 0 Å². The molecule has 122 valence electrons. The van der Waals surface area contributed by atoms with Crippen molar-refractivity contribution in [3.63, 3.8) is 0 Å². The molecule has 2 rings (SSSR count). The van der Waals surface area contributed by atoms with E-state index >= 15 is 0 Å². The van der Waals surface area contributed by atoms with Gasteiger partial charge >= 0.3 is 6.18 Å². The third kappa shape index (κ3) is 4.33. The van der Waals surface area contributed by atoms with E-state index in [1.165, 1.54) is 23.1 Å². The van der Waals surface area contributed by atoms with Crippen LogP contribution in [0.25, 0.3) is 0 Å². The number of alkyl halides is 3. The first kappa shape index (κ1) is 17.0. The Labute approximate surface area is 130 Å². The Morgan fingerprint density at radius 2 is 2.05 bits per heavy atom. The second-order valence-electron chi connectivity index (χ2n) is 5.35. The van der Waals surface area contributed by atoms with Gasteiger partial charge in [-0.05, 0) is 18.9 Å². The van der Waals surface area contributed by atoms with Crippen LogP contribution >= 0.6 is 11.6 Å². The van der Waals surface area contributed by atoms with Crippen LogP contribution in [0.2, 0.25) is 5.02 Å². The van der Waals surface area contributed by atoms with Crippen molar-refractivity contribution >= 4 is 17.5 Å². The van der Waals surface area contributed by atoms with Crippen molar-refractivity contribution in [1.29, 1.82) is 0 Å². The Morgan fingerprint density at radius 3 is 2.55 bits per heavy atom. The fourth-order valence-electron chi connectivity index (χ4n) is 2.48. The van der Waals surface area contributed by atoms with Gasteiger partial charge in [0.25, 0.3) is 0 Å². The lowest BCUT2D eigenvalue weighted by atomic mass is 10.0. The molecular weight excluding hydrogens is 324 g/mol. The molecule has 1 aromatic rings. The van der Waals surface area contributed by atoms with Gasteiger partial charge in [-0.1, -0.05) is 23.7 Å². The van der Waals surface area contributed by atoms with Crippen molar-refractivity contribution in [1.82, 2.24) is 4.90 Å². The lowest BCUT2D eigenvalue weighted by Gasteiger charge is -2.32. The van der Waals surface area contributed by atoms with Crippen LogP contribution < -0.4 is 5.73 Å². The number of hydrogen-bond acceptors (Lipinski definition) is 2. The average molecular weight is 339 g/mol. The summed E-state index contributed by atoms with van der Waals surface area (Å²) in [5, 5.41) is -0.250. The van der Waals surface area contributed by atoms with Gasteiger partial charge in [0.15, 0.2) is 0 Å². The topological polar surface area (TPSA) is 46.3 Å². The first-order valence-corrected chi connectivity index (χ1v) is 7.11. The minimum Gasteiger partial charge on any atom is -0.369 e. The number of nitrogens with zero attached hydrogens (tertiary/aromatic N) is 1. The molecule has 1 saturated carbocycles. The van der Waals surface area contributed by atoms with Crippen LogP contribution in [0.4, 0.5) is 17.6 Å². The predicted molar refractivity (Wildman–Crippen MR) is 73.7 cm³/mol. The van der Waals surface area contributed by atoms with Crippen molar-refractivity contribution in [2.24, 2.45) is 5.73 Å². The number of carbonyl (C=O) groups excluding carboxylic acids is 1. The van der Waals surface area contributed by atoms with Crippen LogP contribution in [-0.2, 0) is 4.79 Å². The summed E-state index contributed by atoms with van der Waals surface area (Å²) in [6, 6.07) is 2.39. The molecule has 1 aliphatic carbocycles. The van der Waals surface area contributed by atoms with Gasteiger partial charge < -0.3 is 5.73 Å². The van der Waals surface area contributed by atoms with Gasteiger partial charge in [-0.25, -0.2) is 4.39 Å². The zero-order valence-electron chi connectivity index (χ0n) is 11.5. The molecule has 1 atom stereocenters. The molecule has 0 heterocycles. The summed E-state index contributed by atoms with van der Waals surface area (Å²) in [6.07, 6.45) is -4.47. The number of rotatable bonds is 6.